The van der Waals surface area contributed by atoms with Crippen molar-refractivity contribution in [3.05, 3.63) is 89.1 Å². The average molecular weight is 358 g/mol. The SMILES string of the molecule is CCCCc1ccc(-c2ccc(CCc3ccc(CCC)cc3)cc2)nc1. The van der Waals surface area contributed by atoms with Crippen molar-refractivity contribution < 1.29 is 0 Å². The van der Waals surface area contributed by atoms with Gasteiger partial charge in [0.25, 0.3) is 0 Å². The van der Waals surface area contributed by atoms with Crippen molar-refractivity contribution >= 4 is 0 Å². The third-order valence-electron chi connectivity index (χ3n) is 5.16. The third-order valence-corrected chi connectivity index (χ3v) is 5.16. The standard InChI is InChI=1S/C26H31N/c1-3-5-7-24-16-19-26(27-20-24)25-17-14-23(15-18-25)13-12-22-10-8-21(6-4-2)9-11-22/h8-11,14-20H,3-7,12-13H2,1-2H3. The highest BCUT2D eigenvalue weighted by molar-refractivity contribution is 5.59. The van der Waals surface area contributed by atoms with Crippen molar-refractivity contribution in [2.24, 2.45) is 0 Å². The van der Waals surface area contributed by atoms with Crippen molar-refractivity contribution in [3.8, 4) is 11.3 Å². The minimum atomic E-state index is 1.06. The van der Waals surface area contributed by atoms with Gasteiger partial charge in [0.2, 0.25) is 0 Å². The van der Waals surface area contributed by atoms with Crippen molar-refractivity contribution in [3.63, 3.8) is 0 Å². The first-order valence-corrected chi connectivity index (χ1v) is 10.4. The molecule has 27 heavy (non-hydrogen) atoms. The van der Waals surface area contributed by atoms with Gasteiger partial charge in [-0.2, -0.15) is 0 Å². The zero-order valence-electron chi connectivity index (χ0n) is 16.7. The number of rotatable bonds is 9. The van der Waals surface area contributed by atoms with E-state index in [1.54, 1.807) is 0 Å². The second-order valence-corrected chi connectivity index (χ2v) is 7.42. The summed E-state index contributed by atoms with van der Waals surface area (Å²) in [6, 6.07) is 22.4. The van der Waals surface area contributed by atoms with Gasteiger partial charge in [0.05, 0.1) is 5.69 Å². The molecular formula is C26H31N. The summed E-state index contributed by atoms with van der Waals surface area (Å²) >= 11 is 0. The molecule has 0 radical (unpaired) electrons. The fraction of sp³-hybridized carbons (Fsp3) is 0.346. The van der Waals surface area contributed by atoms with Gasteiger partial charge >= 0.3 is 0 Å². The maximum Gasteiger partial charge on any atom is 0.0702 e. The van der Waals surface area contributed by atoms with Crippen LogP contribution in [0.3, 0.4) is 0 Å². The van der Waals surface area contributed by atoms with Gasteiger partial charge in [0.1, 0.15) is 0 Å². The quantitative estimate of drug-likeness (QED) is 0.409. The van der Waals surface area contributed by atoms with Gasteiger partial charge in [-0.05, 0) is 60.4 Å². The number of nitrogens with zero attached hydrogens (tertiary/aromatic N) is 1. The zero-order valence-corrected chi connectivity index (χ0v) is 16.7. The first-order valence-electron chi connectivity index (χ1n) is 10.4. The van der Waals surface area contributed by atoms with Crippen molar-refractivity contribution in [1.82, 2.24) is 4.98 Å². The summed E-state index contributed by atoms with van der Waals surface area (Å²) in [5, 5.41) is 0. The summed E-state index contributed by atoms with van der Waals surface area (Å²) < 4.78 is 0. The molecule has 0 saturated heterocycles. The van der Waals surface area contributed by atoms with Crippen LogP contribution in [0.5, 0.6) is 0 Å². The van der Waals surface area contributed by atoms with E-state index in [4.69, 9.17) is 0 Å². The fourth-order valence-electron chi connectivity index (χ4n) is 3.42. The molecule has 0 atom stereocenters. The smallest absolute Gasteiger partial charge is 0.0702 e. The summed E-state index contributed by atoms with van der Waals surface area (Å²) in [4.78, 5) is 4.65. The number of pyridine rings is 1. The third kappa shape index (κ3) is 5.79. The van der Waals surface area contributed by atoms with E-state index < -0.39 is 0 Å². The van der Waals surface area contributed by atoms with Gasteiger partial charge in [0, 0.05) is 11.8 Å². The van der Waals surface area contributed by atoms with E-state index in [1.165, 1.54) is 53.5 Å². The molecule has 0 bridgehead atoms. The molecule has 1 nitrogen and oxygen atoms in total. The second kappa shape index (κ2) is 10.1. The van der Waals surface area contributed by atoms with Crippen LogP contribution in [-0.4, -0.2) is 4.98 Å². The van der Waals surface area contributed by atoms with Gasteiger partial charge in [0.15, 0.2) is 0 Å². The summed E-state index contributed by atoms with van der Waals surface area (Å²) in [5.74, 6) is 0. The van der Waals surface area contributed by atoms with Gasteiger partial charge < -0.3 is 0 Å². The van der Waals surface area contributed by atoms with Crippen LogP contribution in [0.1, 0.15) is 55.4 Å². The lowest BCUT2D eigenvalue weighted by atomic mass is 10.0. The van der Waals surface area contributed by atoms with Crippen LogP contribution in [0.4, 0.5) is 0 Å². The van der Waals surface area contributed by atoms with Crippen molar-refractivity contribution in [2.45, 2.75) is 58.8 Å². The number of benzene rings is 2. The first kappa shape index (κ1) is 19.4. The van der Waals surface area contributed by atoms with Crippen LogP contribution in [0, 0.1) is 0 Å². The lowest BCUT2D eigenvalue weighted by Gasteiger charge is -2.06. The van der Waals surface area contributed by atoms with E-state index in [0.29, 0.717) is 0 Å². The van der Waals surface area contributed by atoms with Crippen LogP contribution in [0.25, 0.3) is 11.3 Å². The van der Waals surface area contributed by atoms with Gasteiger partial charge in [-0.25, -0.2) is 0 Å². The molecule has 0 fully saturated rings. The van der Waals surface area contributed by atoms with Crippen molar-refractivity contribution in [1.29, 1.82) is 0 Å². The molecule has 0 aliphatic rings. The summed E-state index contributed by atoms with van der Waals surface area (Å²) in [5.41, 5.74) is 7.85. The Morgan fingerprint density at radius 1 is 0.556 bits per heavy atom. The topological polar surface area (TPSA) is 12.9 Å². The van der Waals surface area contributed by atoms with E-state index in [9.17, 15) is 0 Å². The van der Waals surface area contributed by atoms with Gasteiger partial charge in [-0.15, -0.1) is 0 Å². The number of aromatic nitrogens is 1. The molecule has 0 aliphatic carbocycles. The molecule has 0 saturated carbocycles. The lowest BCUT2D eigenvalue weighted by Crippen LogP contribution is -1.93. The molecule has 0 unspecified atom stereocenters. The summed E-state index contributed by atoms with van der Waals surface area (Å²) in [6.07, 6.45) is 10.2. The van der Waals surface area contributed by atoms with Crippen LogP contribution in [0.15, 0.2) is 66.9 Å². The molecule has 3 aromatic rings. The molecule has 0 amide bonds. The highest BCUT2D eigenvalue weighted by Gasteiger charge is 2.02. The fourth-order valence-corrected chi connectivity index (χ4v) is 3.42. The van der Waals surface area contributed by atoms with E-state index in [2.05, 4.69) is 79.5 Å². The molecule has 0 N–H and O–H groups in total. The monoisotopic (exact) mass is 357 g/mol. The Morgan fingerprint density at radius 2 is 1.11 bits per heavy atom. The Hall–Kier alpha value is -2.41. The Morgan fingerprint density at radius 3 is 1.63 bits per heavy atom. The minimum Gasteiger partial charge on any atom is -0.256 e. The highest BCUT2D eigenvalue weighted by Crippen LogP contribution is 2.19. The second-order valence-electron chi connectivity index (χ2n) is 7.42. The maximum atomic E-state index is 4.65. The number of aryl methyl sites for hydroxylation is 4. The Labute approximate surface area is 164 Å². The Balaban J connectivity index is 1.56. The van der Waals surface area contributed by atoms with E-state index in [1.807, 2.05) is 6.20 Å². The summed E-state index contributed by atoms with van der Waals surface area (Å²) in [7, 11) is 0. The normalized spacial score (nSPS) is 10.9. The van der Waals surface area contributed by atoms with E-state index >= 15 is 0 Å². The molecular weight excluding hydrogens is 326 g/mol. The van der Waals surface area contributed by atoms with Crippen LogP contribution < -0.4 is 0 Å². The molecule has 0 spiro atoms. The largest absolute Gasteiger partial charge is 0.256 e. The predicted molar refractivity (Wildman–Crippen MR) is 116 cm³/mol. The highest BCUT2D eigenvalue weighted by atomic mass is 14.7. The Kier molecular flexibility index (Phi) is 7.21. The molecule has 3 rings (SSSR count). The number of hydrogen-bond donors (Lipinski definition) is 0. The average Bonchev–Trinajstić information content (AvgIpc) is 2.73. The predicted octanol–water partition coefficient (Wildman–Crippen LogP) is 6.83. The molecule has 2 aromatic carbocycles. The Bertz CT molecular complexity index is 798. The van der Waals surface area contributed by atoms with Crippen LogP contribution in [0.2, 0.25) is 0 Å². The van der Waals surface area contributed by atoms with E-state index in [0.717, 1.165) is 25.0 Å². The minimum absolute atomic E-state index is 1.06. The van der Waals surface area contributed by atoms with Crippen LogP contribution >= 0.6 is 0 Å². The van der Waals surface area contributed by atoms with Gasteiger partial charge in [-0.3, -0.25) is 4.98 Å². The number of unbranched alkanes of at least 4 members (excludes halogenated alkanes) is 1. The lowest BCUT2D eigenvalue weighted by molar-refractivity contribution is 0.792. The first-order chi connectivity index (χ1) is 13.3. The maximum absolute atomic E-state index is 4.65. The molecule has 140 valence electrons. The molecule has 0 aliphatic heterocycles. The summed E-state index contributed by atoms with van der Waals surface area (Å²) in [6.45, 7) is 4.46. The molecule has 1 heterocycles. The zero-order chi connectivity index (χ0) is 18.9. The van der Waals surface area contributed by atoms with E-state index in [-0.39, 0.29) is 0 Å². The van der Waals surface area contributed by atoms with Crippen LogP contribution in [-0.2, 0) is 25.7 Å². The number of hydrogen-bond acceptors (Lipinski definition) is 1. The van der Waals surface area contributed by atoms with Gasteiger partial charge in [-0.1, -0.05) is 81.3 Å². The molecule has 1 heteroatoms. The molecule has 1 aromatic heterocycles. The van der Waals surface area contributed by atoms with Crippen molar-refractivity contribution in [2.75, 3.05) is 0 Å².